The van der Waals surface area contributed by atoms with E-state index in [-0.39, 0.29) is 12.3 Å². The van der Waals surface area contributed by atoms with Crippen molar-refractivity contribution in [1.82, 2.24) is 19.9 Å². The van der Waals surface area contributed by atoms with Crippen LogP contribution in [0, 0.1) is 6.92 Å². The van der Waals surface area contributed by atoms with Crippen LogP contribution < -0.4 is 4.74 Å². The van der Waals surface area contributed by atoms with Crippen LogP contribution in [0.4, 0.5) is 0 Å². The maximum Gasteiger partial charge on any atom is 0.303 e. The van der Waals surface area contributed by atoms with E-state index in [4.69, 9.17) is 14.3 Å². The molecule has 0 atom stereocenters. The molecule has 35 heavy (non-hydrogen) atoms. The third-order valence-electron chi connectivity index (χ3n) is 5.40. The highest BCUT2D eigenvalue weighted by Crippen LogP contribution is 2.28. The van der Waals surface area contributed by atoms with Crippen LogP contribution in [0.15, 0.2) is 59.3 Å². The molecule has 0 unspecified atom stereocenters. The van der Waals surface area contributed by atoms with Gasteiger partial charge in [-0.1, -0.05) is 5.21 Å². The Morgan fingerprint density at radius 1 is 1.20 bits per heavy atom. The number of methoxy groups -OCH3 is 1. The van der Waals surface area contributed by atoms with Crippen LogP contribution in [0.5, 0.6) is 5.75 Å². The Labute approximate surface area is 206 Å². The lowest BCUT2D eigenvalue weighted by Gasteiger charge is -2.22. The van der Waals surface area contributed by atoms with Gasteiger partial charge in [0.15, 0.2) is 0 Å². The first-order valence-electron chi connectivity index (χ1n) is 11.1. The molecule has 0 fully saturated rings. The smallest absolute Gasteiger partial charge is 0.303 e. The zero-order valence-corrected chi connectivity index (χ0v) is 20.3. The van der Waals surface area contributed by atoms with E-state index in [1.54, 1.807) is 51.6 Å². The number of carboxylic acid groups (broad SMARTS) is 1. The Balaban J connectivity index is 1.60. The summed E-state index contributed by atoms with van der Waals surface area (Å²) in [5, 5.41) is 17.1. The molecule has 3 heterocycles. The van der Waals surface area contributed by atoms with Crippen molar-refractivity contribution in [3.8, 4) is 17.0 Å². The number of thiophene rings is 1. The first kappa shape index (κ1) is 24.2. The second kappa shape index (κ2) is 11.0. The quantitative estimate of drug-likeness (QED) is 0.324. The average Bonchev–Trinajstić information content (AvgIpc) is 3.61. The van der Waals surface area contributed by atoms with Gasteiger partial charge in [0, 0.05) is 28.3 Å². The normalized spacial score (nSPS) is 10.9. The van der Waals surface area contributed by atoms with Gasteiger partial charge in [-0.25, -0.2) is 0 Å². The summed E-state index contributed by atoms with van der Waals surface area (Å²) in [6, 6.07) is 13.0. The van der Waals surface area contributed by atoms with Gasteiger partial charge >= 0.3 is 5.97 Å². The molecule has 0 radical (unpaired) electrons. The first-order chi connectivity index (χ1) is 16.9. The van der Waals surface area contributed by atoms with Crippen molar-refractivity contribution < 1.29 is 23.8 Å². The van der Waals surface area contributed by atoms with Crippen molar-refractivity contribution in [1.29, 1.82) is 0 Å². The van der Waals surface area contributed by atoms with E-state index in [0.29, 0.717) is 54.4 Å². The van der Waals surface area contributed by atoms with Gasteiger partial charge in [0.2, 0.25) is 0 Å². The summed E-state index contributed by atoms with van der Waals surface area (Å²) in [5.74, 6) is 0.103. The molecular formula is C25H26N4O5S. The van der Waals surface area contributed by atoms with Crippen LogP contribution >= 0.6 is 11.3 Å². The lowest BCUT2D eigenvalue weighted by Crippen LogP contribution is -2.30. The zero-order valence-electron chi connectivity index (χ0n) is 19.5. The number of benzene rings is 1. The number of nitrogens with zero attached hydrogens (tertiary/aromatic N) is 4. The Hall–Kier alpha value is -3.92. The predicted molar refractivity (Wildman–Crippen MR) is 130 cm³/mol. The second-order valence-corrected chi connectivity index (χ2v) is 9.40. The summed E-state index contributed by atoms with van der Waals surface area (Å²) >= 11 is 1.65. The molecule has 182 valence electrons. The largest absolute Gasteiger partial charge is 0.496 e. The highest BCUT2D eigenvalue weighted by atomic mass is 32.1. The van der Waals surface area contributed by atoms with Crippen molar-refractivity contribution in [3.05, 3.63) is 76.0 Å². The number of rotatable bonds is 11. The number of furan rings is 1. The summed E-state index contributed by atoms with van der Waals surface area (Å²) in [4.78, 5) is 28.5. The Kier molecular flexibility index (Phi) is 7.61. The summed E-state index contributed by atoms with van der Waals surface area (Å²) in [6.07, 6.45) is 3.85. The Morgan fingerprint density at radius 3 is 2.74 bits per heavy atom. The van der Waals surface area contributed by atoms with E-state index >= 15 is 0 Å². The molecule has 1 amide bonds. The number of hydrogen-bond donors (Lipinski definition) is 1. The van der Waals surface area contributed by atoms with Crippen LogP contribution in [0.25, 0.3) is 11.3 Å². The average molecular weight is 495 g/mol. The van der Waals surface area contributed by atoms with Gasteiger partial charge in [-0.2, -0.15) is 0 Å². The number of ether oxygens (including phenoxy) is 1. The van der Waals surface area contributed by atoms with E-state index < -0.39 is 5.97 Å². The van der Waals surface area contributed by atoms with Gasteiger partial charge < -0.3 is 19.2 Å². The van der Waals surface area contributed by atoms with E-state index in [1.165, 1.54) is 12.0 Å². The highest BCUT2D eigenvalue weighted by molar-refractivity contribution is 7.11. The van der Waals surface area contributed by atoms with Gasteiger partial charge in [0.25, 0.3) is 5.91 Å². The van der Waals surface area contributed by atoms with Gasteiger partial charge in [-0.15, -0.1) is 16.4 Å². The monoisotopic (exact) mass is 494 g/mol. The summed E-state index contributed by atoms with van der Waals surface area (Å²) in [7, 11) is 1.53. The number of aryl methyl sites for hydroxylation is 2. The molecule has 0 aliphatic carbocycles. The van der Waals surface area contributed by atoms with E-state index in [2.05, 4.69) is 10.3 Å². The second-order valence-electron chi connectivity index (χ2n) is 8.03. The van der Waals surface area contributed by atoms with E-state index in [1.807, 2.05) is 31.2 Å². The molecule has 0 aliphatic rings. The van der Waals surface area contributed by atoms with Crippen LogP contribution in [0.2, 0.25) is 0 Å². The number of aliphatic carboxylic acids is 1. The molecule has 4 aromatic rings. The van der Waals surface area contributed by atoms with Gasteiger partial charge in [0.1, 0.15) is 17.2 Å². The van der Waals surface area contributed by atoms with Crippen LogP contribution in [-0.2, 0) is 24.4 Å². The summed E-state index contributed by atoms with van der Waals surface area (Å²) in [5.41, 5.74) is 1.71. The number of aromatic nitrogens is 3. The minimum atomic E-state index is -0.847. The lowest BCUT2D eigenvalue weighted by molar-refractivity contribution is -0.137. The molecule has 0 aliphatic heterocycles. The third kappa shape index (κ3) is 6.15. The van der Waals surface area contributed by atoms with Crippen molar-refractivity contribution in [2.45, 2.75) is 39.4 Å². The van der Waals surface area contributed by atoms with Crippen molar-refractivity contribution in [2.24, 2.45) is 0 Å². The molecule has 1 aromatic carbocycles. The topological polar surface area (TPSA) is 111 Å². The number of carbonyl (C=O) groups is 2. The minimum Gasteiger partial charge on any atom is -0.496 e. The van der Waals surface area contributed by atoms with Crippen LogP contribution in [0.1, 0.15) is 38.7 Å². The summed E-state index contributed by atoms with van der Waals surface area (Å²) < 4.78 is 12.6. The molecule has 0 saturated carbocycles. The fraction of sp³-hybridized carbons (Fsp3) is 0.280. The fourth-order valence-corrected chi connectivity index (χ4v) is 4.59. The lowest BCUT2D eigenvalue weighted by atomic mass is 10.1. The standard InChI is InChI=1S/C25H26N4O5S/c1-17-7-9-20(35-17)15-28(14-19-5-4-12-34-19)25(32)21-13-18(8-10-23(21)33-2)22-16-29(27-26-22)11-3-6-24(30)31/h4-5,7-10,12-13,16H,3,6,11,14-15H2,1-2H3,(H,30,31). The molecule has 0 saturated heterocycles. The Bertz CT molecular complexity index is 1290. The van der Waals surface area contributed by atoms with Gasteiger partial charge in [0.05, 0.1) is 38.2 Å². The highest BCUT2D eigenvalue weighted by Gasteiger charge is 2.23. The minimum absolute atomic E-state index is 0.0612. The van der Waals surface area contributed by atoms with Crippen molar-refractivity contribution in [2.75, 3.05) is 7.11 Å². The molecule has 0 bridgehead atoms. The molecular weight excluding hydrogens is 468 g/mol. The number of hydrogen-bond acceptors (Lipinski definition) is 7. The van der Waals surface area contributed by atoms with Crippen molar-refractivity contribution in [3.63, 3.8) is 0 Å². The zero-order chi connectivity index (χ0) is 24.8. The Morgan fingerprint density at radius 2 is 2.06 bits per heavy atom. The maximum atomic E-state index is 13.8. The maximum absolute atomic E-state index is 13.8. The number of amides is 1. The van der Waals surface area contributed by atoms with E-state index in [9.17, 15) is 9.59 Å². The molecule has 4 rings (SSSR count). The predicted octanol–water partition coefficient (Wildman–Crippen LogP) is 4.62. The fourth-order valence-electron chi connectivity index (χ4n) is 3.69. The molecule has 1 N–H and O–H groups in total. The molecule has 10 heteroatoms. The van der Waals surface area contributed by atoms with Gasteiger partial charge in [-0.3, -0.25) is 14.3 Å². The summed E-state index contributed by atoms with van der Waals surface area (Å²) in [6.45, 7) is 3.23. The van der Waals surface area contributed by atoms with Crippen LogP contribution in [0.3, 0.4) is 0 Å². The first-order valence-corrected chi connectivity index (χ1v) is 11.9. The molecule has 0 spiro atoms. The number of carbonyl (C=O) groups excluding carboxylic acids is 1. The molecule has 9 nitrogen and oxygen atoms in total. The molecule has 3 aromatic heterocycles. The van der Waals surface area contributed by atoms with Gasteiger partial charge in [-0.05, 0) is 55.8 Å². The number of carboxylic acids is 1. The van der Waals surface area contributed by atoms with Crippen molar-refractivity contribution >= 4 is 23.2 Å². The SMILES string of the molecule is COc1ccc(-c2cn(CCCC(=O)O)nn2)cc1C(=O)N(Cc1ccco1)Cc1ccc(C)s1. The van der Waals surface area contributed by atoms with Crippen LogP contribution in [-0.4, -0.2) is 44.0 Å². The van der Waals surface area contributed by atoms with E-state index in [0.717, 1.165) is 4.88 Å². The third-order valence-corrected chi connectivity index (χ3v) is 6.38.